The number of nitrogens with zero attached hydrogens (tertiary/aromatic N) is 1. The molecule has 1 fully saturated rings. The first-order valence-corrected chi connectivity index (χ1v) is 10.1. The second-order valence-corrected chi connectivity index (χ2v) is 7.71. The van der Waals surface area contributed by atoms with E-state index >= 15 is 0 Å². The van der Waals surface area contributed by atoms with E-state index in [1.165, 1.54) is 37.1 Å². The third-order valence-electron chi connectivity index (χ3n) is 5.64. The summed E-state index contributed by atoms with van der Waals surface area (Å²) in [5, 5.41) is 3.11. The van der Waals surface area contributed by atoms with E-state index in [9.17, 15) is 4.79 Å². The zero-order chi connectivity index (χ0) is 18.5. The van der Waals surface area contributed by atoms with E-state index in [0.717, 1.165) is 30.7 Å². The summed E-state index contributed by atoms with van der Waals surface area (Å²) < 4.78 is 5.82. The van der Waals surface area contributed by atoms with E-state index in [1.807, 2.05) is 30.3 Å². The molecule has 2 aromatic rings. The third kappa shape index (κ3) is 4.69. The number of benzene rings is 2. The van der Waals surface area contributed by atoms with E-state index in [1.54, 1.807) is 0 Å². The van der Waals surface area contributed by atoms with Crippen molar-refractivity contribution in [3.8, 4) is 5.75 Å². The molecule has 0 bridgehead atoms. The van der Waals surface area contributed by atoms with Gasteiger partial charge in [-0.25, -0.2) is 0 Å². The molecule has 2 aliphatic heterocycles. The van der Waals surface area contributed by atoms with Crippen molar-refractivity contribution in [3.05, 3.63) is 65.2 Å². The van der Waals surface area contributed by atoms with Crippen LogP contribution in [0.15, 0.2) is 48.5 Å². The Morgan fingerprint density at radius 2 is 1.85 bits per heavy atom. The molecule has 1 N–H and O–H groups in total. The maximum absolute atomic E-state index is 12.5. The van der Waals surface area contributed by atoms with Crippen molar-refractivity contribution in [2.75, 3.05) is 26.2 Å². The lowest BCUT2D eigenvalue weighted by Crippen LogP contribution is -2.30. The molecule has 2 heterocycles. The Labute approximate surface area is 161 Å². The Morgan fingerprint density at radius 1 is 1.07 bits per heavy atom. The number of hydrogen-bond donors (Lipinski definition) is 1. The molecule has 1 amide bonds. The molecular weight excluding hydrogens is 336 g/mol. The molecule has 27 heavy (non-hydrogen) atoms. The lowest BCUT2D eigenvalue weighted by molar-refractivity contribution is 0.0945. The number of carbonyl (C=O) groups is 1. The minimum absolute atomic E-state index is 0.0150. The van der Waals surface area contributed by atoms with Crippen LogP contribution in [0, 0.1) is 5.92 Å². The van der Waals surface area contributed by atoms with Gasteiger partial charge < -0.3 is 10.1 Å². The second kappa shape index (κ2) is 8.57. The molecule has 1 atom stereocenters. The topological polar surface area (TPSA) is 41.6 Å². The van der Waals surface area contributed by atoms with Gasteiger partial charge in [0, 0.05) is 18.7 Å². The molecule has 0 aromatic heterocycles. The van der Waals surface area contributed by atoms with Crippen LogP contribution in [0.4, 0.5) is 0 Å². The Bertz CT molecular complexity index is 766. The fraction of sp³-hybridized carbons (Fsp3) is 0.435. The predicted molar refractivity (Wildman–Crippen MR) is 107 cm³/mol. The molecule has 2 aromatic carbocycles. The van der Waals surface area contributed by atoms with Crippen molar-refractivity contribution in [1.82, 2.24) is 10.2 Å². The van der Waals surface area contributed by atoms with Crippen molar-refractivity contribution < 1.29 is 9.53 Å². The number of nitrogens with one attached hydrogen (secondary N) is 1. The van der Waals surface area contributed by atoms with Crippen LogP contribution in [0.5, 0.6) is 5.75 Å². The van der Waals surface area contributed by atoms with Crippen LogP contribution < -0.4 is 10.1 Å². The summed E-state index contributed by atoms with van der Waals surface area (Å²) >= 11 is 0. The maximum atomic E-state index is 12.5. The number of rotatable bonds is 5. The molecule has 0 saturated carbocycles. The van der Waals surface area contributed by atoms with E-state index in [0.29, 0.717) is 19.1 Å². The van der Waals surface area contributed by atoms with Crippen LogP contribution in [-0.4, -0.2) is 37.0 Å². The average Bonchev–Trinajstić information content (AvgIpc) is 3.11. The van der Waals surface area contributed by atoms with Crippen molar-refractivity contribution in [2.24, 2.45) is 5.92 Å². The Morgan fingerprint density at radius 3 is 2.67 bits per heavy atom. The zero-order valence-corrected chi connectivity index (χ0v) is 15.8. The molecule has 1 saturated heterocycles. The van der Waals surface area contributed by atoms with Gasteiger partial charge in [0.05, 0.1) is 6.61 Å². The van der Waals surface area contributed by atoms with Crippen LogP contribution >= 0.6 is 0 Å². The van der Waals surface area contributed by atoms with Gasteiger partial charge in [-0.05, 0) is 74.0 Å². The monoisotopic (exact) mass is 364 g/mol. The van der Waals surface area contributed by atoms with Gasteiger partial charge in [0.25, 0.3) is 5.91 Å². The van der Waals surface area contributed by atoms with Crippen molar-refractivity contribution in [3.63, 3.8) is 0 Å². The maximum Gasteiger partial charge on any atom is 0.251 e. The molecule has 0 spiro atoms. The van der Waals surface area contributed by atoms with Crippen LogP contribution in [-0.2, 0) is 13.0 Å². The molecule has 4 heteroatoms. The number of ether oxygens (including phenoxy) is 1. The number of fused-ring (bicyclic) bond motifs is 1. The van der Waals surface area contributed by atoms with E-state index < -0.39 is 0 Å². The summed E-state index contributed by atoms with van der Waals surface area (Å²) in [5.74, 6) is 1.41. The predicted octanol–water partition coefficient (Wildman–Crippen LogP) is 3.65. The first-order chi connectivity index (χ1) is 13.3. The molecular formula is C23H28N2O2. The molecule has 0 radical (unpaired) electrons. The van der Waals surface area contributed by atoms with Crippen molar-refractivity contribution in [1.29, 1.82) is 0 Å². The van der Waals surface area contributed by atoms with Gasteiger partial charge in [-0.1, -0.05) is 30.3 Å². The minimum Gasteiger partial charge on any atom is -0.493 e. The van der Waals surface area contributed by atoms with Gasteiger partial charge in [-0.2, -0.15) is 0 Å². The largest absolute Gasteiger partial charge is 0.493 e. The molecule has 4 rings (SSSR count). The van der Waals surface area contributed by atoms with Gasteiger partial charge in [0.2, 0.25) is 0 Å². The Balaban J connectivity index is 1.30. The highest BCUT2D eigenvalue weighted by Gasteiger charge is 2.18. The second-order valence-electron chi connectivity index (χ2n) is 7.71. The first kappa shape index (κ1) is 18.1. The third-order valence-corrected chi connectivity index (χ3v) is 5.64. The summed E-state index contributed by atoms with van der Waals surface area (Å²) in [6.07, 6.45) is 4.52. The first-order valence-electron chi connectivity index (χ1n) is 10.1. The van der Waals surface area contributed by atoms with Gasteiger partial charge >= 0.3 is 0 Å². The van der Waals surface area contributed by atoms with E-state index in [2.05, 4.69) is 28.4 Å². The molecule has 4 nitrogen and oxygen atoms in total. The van der Waals surface area contributed by atoms with Gasteiger partial charge in [-0.3, -0.25) is 9.69 Å². The van der Waals surface area contributed by atoms with Crippen molar-refractivity contribution in [2.45, 2.75) is 32.2 Å². The fourth-order valence-corrected chi connectivity index (χ4v) is 4.04. The zero-order valence-electron chi connectivity index (χ0n) is 15.8. The van der Waals surface area contributed by atoms with E-state index in [4.69, 9.17) is 4.74 Å². The highest BCUT2D eigenvalue weighted by atomic mass is 16.5. The van der Waals surface area contributed by atoms with Crippen LogP contribution in [0.1, 0.15) is 40.7 Å². The summed E-state index contributed by atoms with van der Waals surface area (Å²) in [6.45, 7) is 4.77. The average molecular weight is 364 g/mol. The van der Waals surface area contributed by atoms with Gasteiger partial charge in [0.1, 0.15) is 5.75 Å². The SMILES string of the molecule is O=C(NCC1CCOc2ccccc2C1)c1ccc(CN2CCCC2)cc1. The van der Waals surface area contributed by atoms with Crippen LogP contribution in [0.2, 0.25) is 0 Å². The van der Waals surface area contributed by atoms with E-state index in [-0.39, 0.29) is 5.91 Å². The lowest BCUT2D eigenvalue weighted by atomic mass is 9.97. The summed E-state index contributed by atoms with van der Waals surface area (Å²) in [4.78, 5) is 15.0. The van der Waals surface area contributed by atoms with Gasteiger partial charge in [0.15, 0.2) is 0 Å². The number of para-hydroxylation sites is 1. The molecule has 142 valence electrons. The quantitative estimate of drug-likeness (QED) is 0.880. The standard InChI is InChI=1S/C23H28N2O2/c26-23(20-9-7-18(8-10-20)17-25-12-3-4-13-25)24-16-19-11-14-27-22-6-2-1-5-21(22)15-19/h1-2,5-10,19H,3-4,11-17H2,(H,24,26). The summed E-state index contributed by atoms with van der Waals surface area (Å²) in [6, 6.07) is 16.3. The normalized spacial score (nSPS) is 19.8. The smallest absolute Gasteiger partial charge is 0.251 e. The Kier molecular flexibility index (Phi) is 5.73. The Hall–Kier alpha value is -2.33. The van der Waals surface area contributed by atoms with Crippen molar-refractivity contribution >= 4 is 5.91 Å². The van der Waals surface area contributed by atoms with Crippen LogP contribution in [0.3, 0.4) is 0 Å². The summed E-state index contributed by atoms with van der Waals surface area (Å²) in [7, 11) is 0. The van der Waals surface area contributed by atoms with Gasteiger partial charge in [-0.15, -0.1) is 0 Å². The number of hydrogen-bond acceptors (Lipinski definition) is 3. The molecule has 0 aliphatic carbocycles. The highest BCUT2D eigenvalue weighted by Crippen LogP contribution is 2.26. The molecule has 2 aliphatic rings. The van der Waals surface area contributed by atoms with Crippen LogP contribution in [0.25, 0.3) is 0 Å². The highest BCUT2D eigenvalue weighted by molar-refractivity contribution is 5.94. The number of likely N-dealkylation sites (tertiary alicyclic amines) is 1. The minimum atomic E-state index is 0.0150. The number of carbonyl (C=O) groups excluding carboxylic acids is 1. The fourth-order valence-electron chi connectivity index (χ4n) is 4.04. The molecule has 1 unspecified atom stereocenters. The lowest BCUT2D eigenvalue weighted by Gasteiger charge is -2.16. The summed E-state index contributed by atoms with van der Waals surface area (Å²) in [5.41, 5.74) is 3.26. The number of amides is 1.